The van der Waals surface area contributed by atoms with Crippen LogP contribution in [0.25, 0.3) is 10.9 Å². The average Bonchev–Trinajstić information content (AvgIpc) is 3.17. The van der Waals surface area contributed by atoms with E-state index in [0.717, 1.165) is 16.2 Å². The van der Waals surface area contributed by atoms with E-state index in [9.17, 15) is 19.7 Å². The molecule has 2 aromatic carbocycles. The molecule has 2 heterocycles. The first-order chi connectivity index (χ1) is 13.9. The highest BCUT2D eigenvalue weighted by Crippen LogP contribution is 2.34. The third-order valence-corrected chi connectivity index (χ3v) is 4.61. The van der Waals surface area contributed by atoms with Crippen molar-refractivity contribution in [3.8, 4) is 11.5 Å². The number of benzene rings is 2. The lowest BCUT2D eigenvalue weighted by molar-refractivity contribution is -0.384. The Kier molecular flexibility index (Phi) is 4.59. The molecule has 10 nitrogen and oxygen atoms in total. The lowest BCUT2D eigenvalue weighted by Crippen LogP contribution is -2.34. The number of nitro benzene ring substituents is 1. The van der Waals surface area contributed by atoms with E-state index < -0.39 is 16.4 Å². The number of rotatable bonds is 5. The van der Waals surface area contributed by atoms with E-state index in [1.807, 2.05) is 6.07 Å². The second kappa shape index (κ2) is 7.23. The summed E-state index contributed by atoms with van der Waals surface area (Å²) in [6.07, 6.45) is 1.25. The minimum atomic E-state index is -0.587. The zero-order valence-corrected chi connectivity index (χ0v) is 15.3. The van der Waals surface area contributed by atoms with Gasteiger partial charge in [-0.25, -0.2) is 4.98 Å². The van der Waals surface area contributed by atoms with Gasteiger partial charge in [-0.3, -0.25) is 24.3 Å². The molecule has 148 valence electrons. The predicted octanol–water partition coefficient (Wildman–Crippen LogP) is 1.91. The minimum Gasteiger partial charge on any atom is -0.454 e. The number of hydrogen-bond donors (Lipinski definition) is 1. The van der Waals surface area contributed by atoms with Crippen LogP contribution in [0, 0.1) is 10.1 Å². The first-order valence-electron chi connectivity index (χ1n) is 8.75. The molecule has 10 heteroatoms. The number of ether oxygens (including phenoxy) is 2. The number of amides is 1. The van der Waals surface area contributed by atoms with Gasteiger partial charge in [0, 0.05) is 12.1 Å². The lowest BCUT2D eigenvalue weighted by Gasteiger charge is -2.15. The van der Waals surface area contributed by atoms with Gasteiger partial charge in [0.1, 0.15) is 6.54 Å². The van der Waals surface area contributed by atoms with Crippen LogP contribution in [0.3, 0.4) is 0 Å². The number of nitro groups is 1. The summed E-state index contributed by atoms with van der Waals surface area (Å²) in [4.78, 5) is 39.5. The largest absolute Gasteiger partial charge is 0.454 e. The molecular formula is C19H16N4O6. The summed E-state index contributed by atoms with van der Waals surface area (Å²) in [6.45, 7) is 1.70. The molecule has 1 aliphatic rings. The summed E-state index contributed by atoms with van der Waals surface area (Å²) in [5.74, 6) is 0.860. The first-order valence-corrected chi connectivity index (χ1v) is 8.75. The fourth-order valence-corrected chi connectivity index (χ4v) is 3.08. The highest BCUT2D eigenvalue weighted by molar-refractivity contribution is 5.81. The van der Waals surface area contributed by atoms with Crippen LogP contribution in [-0.2, 0) is 11.3 Å². The molecule has 1 aromatic heterocycles. The van der Waals surface area contributed by atoms with Crippen molar-refractivity contribution in [3.63, 3.8) is 0 Å². The Balaban J connectivity index is 1.52. The monoisotopic (exact) mass is 396 g/mol. The SMILES string of the molecule is C[C@@H](NC(=O)Cn1cnc2ccc([N+](=O)[O-])cc2c1=O)c1ccc2c(c1)OCO2. The van der Waals surface area contributed by atoms with Crippen molar-refractivity contribution in [1.82, 2.24) is 14.9 Å². The quantitative estimate of drug-likeness (QED) is 0.516. The van der Waals surface area contributed by atoms with Gasteiger partial charge in [-0.05, 0) is 30.7 Å². The summed E-state index contributed by atoms with van der Waals surface area (Å²) in [5.41, 5.74) is 0.410. The van der Waals surface area contributed by atoms with Gasteiger partial charge in [0.2, 0.25) is 12.7 Å². The molecule has 0 saturated carbocycles. The summed E-state index contributed by atoms with van der Waals surface area (Å²) in [6, 6.07) is 8.89. The fraction of sp³-hybridized carbons (Fsp3) is 0.211. The third kappa shape index (κ3) is 3.59. The molecule has 1 amide bonds. The van der Waals surface area contributed by atoms with Crippen LogP contribution in [0.4, 0.5) is 5.69 Å². The molecule has 4 rings (SSSR count). The number of aromatic nitrogens is 2. The Morgan fingerprint density at radius 3 is 2.86 bits per heavy atom. The molecule has 3 aromatic rings. The van der Waals surface area contributed by atoms with Gasteiger partial charge >= 0.3 is 0 Å². The molecule has 1 N–H and O–H groups in total. The molecule has 0 aliphatic carbocycles. The van der Waals surface area contributed by atoms with Gasteiger partial charge in [0.25, 0.3) is 11.2 Å². The van der Waals surface area contributed by atoms with Crippen molar-refractivity contribution in [2.75, 3.05) is 6.79 Å². The van der Waals surface area contributed by atoms with Crippen molar-refractivity contribution in [1.29, 1.82) is 0 Å². The molecule has 0 bridgehead atoms. The van der Waals surface area contributed by atoms with E-state index in [2.05, 4.69) is 10.3 Å². The van der Waals surface area contributed by atoms with Crippen LogP contribution in [-0.4, -0.2) is 27.2 Å². The van der Waals surface area contributed by atoms with Crippen LogP contribution in [0.2, 0.25) is 0 Å². The summed E-state index contributed by atoms with van der Waals surface area (Å²) >= 11 is 0. The zero-order chi connectivity index (χ0) is 20.5. The topological polar surface area (TPSA) is 126 Å². The van der Waals surface area contributed by atoms with Crippen molar-refractivity contribution >= 4 is 22.5 Å². The third-order valence-electron chi connectivity index (χ3n) is 4.61. The van der Waals surface area contributed by atoms with Crippen LogP contribution in [0.5, 0.6) is 11.5 Å². The molecule has 0 spiro atoms. The summed E-state index contributed by atoms with van der Waals surface area (Å²) in [5, 5.41) is 13.8. The lowest BCUT2D eigenvalue weighted by atomic mass is 10.1. The number of nitrogens with zero attached hydrogens (tertiary/aromatic N) is 3. The number of non-ortho nitro benzene ring substituents is 1. The molecule has 0 saturated heterocycles. The van der Waals surface area contributed by atoms with Gasteiger partial charge in [-0.1, -0.05) is 6.07 Å². The van der Waals surface area contributed by atoms with Crippen molar-refractivity contribution in [2.45, 2.75) is 19.5 Å². The Bertz CT molecular complexity index is 1190. The molecule has 1 aliphatic heterocycles. The number of carbonyl (C=O) groups is 1. The Morgan fingerprint density at radius 1 is 1.28 bits per heavy atom. The van der Waals surface area contributed by atoms with E-state index >= 15 is 0 Å². The van der Waals surface area contributed by atoms with E-state index in [1.165, 1.54) is 18.5 Å². The Hall–Kier alpha value is -3.95. The van der Waals surface area contributed by atoms with Crippen molar-refractivity contribution < 1.29 is 19.2 Å². The maximum atomic E-state index is 12.6. The van der Waals surface area contributed by atoms with Gasteiger partial charge in [-0.2, -0.15) is 0 Å². The van der Waals surface area contributed by atoms with Crippen LogP contribution in [0.1, 0.15) is 18.5 Å². The first kappa shape index (κ1) is 18.4. The highest BCUT2D eigenvalue weighted by atomic mass is 16.7. The number of fused-ring (bicyclic) bond motifs is 2. The molecule has 0 radical (unpaired) electrons. The number of nitrogens with one attached hydrogen (secondary N) is 1. The number of carbonyl (C=O) groups excluding carboxylic acids is 1. The standard InChI is InChI=1S/C19H16N4O6/c1-11(12-2-5-16-17(6-12)29-10-28-16)21-18(24)8-22-9-20-15-4-3-13(23(26)27)7-14(15)19(22)25/h2-7,9,11H,8,10H2,1H3,(H,21,24)/t11-/m1/s1. The molecule has 0 fully saturated rings. The average molecular weight is 396 g/mol. The van der Waals surface area contributed by atoms with E-state index in [4.69, 9.17) is 9.47 Å². The van der Waals surface area contributed by atoms with Crippen LogP contribution >= 0.6 is 0 Å². The van der Waals surface area contributed by atoms with Gasteiger partial charge in [0.15, 0.2) is 11.5 Å². The highest BCUT2D eigenvalue weighted by Gasteiger charge is 2.18. The fourth-order valence-electron chi connectivity index (χ4n) is 3.08. The van der Waals surface area contributed by atoms with E-state index in [0.29, 0.717) is 17.0 Å². The minimum absolute atomic E-state index is 0.0818. The second-order valence-corrected chi connectivity index (χ2v) is 6.54. The summed E-state index contributed by atoms with van der Waals surface area (Å²) in [7, 11) is 0. The van der Waals surface area contributed by atoms with Gasteiger partial charge in [0.05, 0.1) is 28.2 Å². The van der Waals surface area contributed by atoms with E-state index in [1.54, 1.807) is 19.1 Å². The normalized spacial score (nSPS) is 13.3. The Morgan fingerprint density at radius 2 is 2.07 bits per heavy atom. The van der Waals surface area contributed by atoms with Crippen LogP contribution < -0.4 is 20.3 Å². The van der Waals surface area contributed by atoms with E-state index in [-0.39, 0.29) is 30.5 Å². The maximum Gasteiger partial charge on any atom is 0.270 e. The molecule has 1 atom stereocenters. The van der Waals surface area contributed by atoms with Gasteiger partial charge in [-0.15, -0.1) is 0 Å². The Labute approximate surface area is 163 Å². The number of hydrogen-bond acceptors (Lipinski definition) is 7. The molecular weight excluding hydrogens is 380 g/mol. The molecule has 0 unspecified atom stereocenters. The van der Waals surface area contributed by atoms with Gasteiger partial charge < -0.3 is 14.8 Å². The zero-order valence-electron chi connectivity index (χ0n) is 15.3. The summed E-state index contributed by atoms with van der Waals surface area (Å²) < 4.78 is 11.7. The maximum absolute atomic E-state index is 12.6. The predicted molar refractivity (Wildman–Crippen MR) is 102 cm³/mol. The van der Waals surface area contributed by atoms with Crippen molar-refractivity contribution in [2.24, 2.45) is 0 Å². The van der Waals surface area contributed by atoms with Crippen LogP contribution in [0.15, 0.2) is 47.5 Å². The molecule has 29 heavy (non-hydrogen) atoms. The smallest absolute Gasteiger partial charge is 0.270 e. The second-order valence-electron chi connectivity index (χ2n) is 6.54. The van der Waals surface area contributed by atoms with Crippen molar-refractivity contribution in [3.05, 3.63) is 68.8 Å².